The largest absolute Gasteiger partial charge is 0.467 e. The second kappa shape index (κ2) is 3.91. The van der Waals surface area contributed by atoms with Crippen LogP contribution >= 0.6 is 0 Å². The maximum atomic E-state index is 5.51. The van der Waals surface area contributed by atoms with Crippen LogP contribution in [0, 0.1) is 0 Å². The summed E-state index contributed by atoms with van der Waals surface area (Å²) in [5.74, 6) is 0.828. The molecule has 0 radical (unpaired) electrons. The minimum absolute atomic E-state index is 0.232. The molecule has 1 aromatic rings. The van der Waals surface area contributed by atoms with Crippen molar-refractivity contribution in [2.24, 2.45) is 5.73 Å². The van der Waals surface area contributed by atoms with Crippen LogP contribution in [0.15, 0.2) is 16.7 Å². The summed E-state index contributed by atoms with van der Waals surface area (Å²) in [5, 5.41) is 0. The van der Waals surface area contributed by atoms with Gasteiger partial charge in [-0.15, -0.1) is 0 Å². The molecule has 2 heterocycles. The van der Waals surface area contributed by atoms with Gasteiger partial charge < -0.3 is 19.6 Å². The van der Waals surface area contributed by atoms with Crippen LogP contribution in [0.25, 0.3) is 0 Å². The van der Waals surface area contributed by atoms with Crippen molar-refractivity contribution >= 4 is 0 Å². The third kappa shape index (κ3) is 1.91. The van der Waals surface area contributed by atoms with E-state index in [1.165, 1.54) is 0 Å². The van der Waals surface area contributed by atoms with Crippen LogP contribution < -0.4 is 5.73 Å². The molecule has 1 aliphatic heterocycles. The molecule has 0 aromatic carbocycles. The fourth-order valence-corrected chi connectivity index (χ4v) is 1.18. The van der Waals surface area contributed by atoms with Crippen LogP contribution in [0.3, 0.4) is 0 Å². The molecule has 0 aliphatic carbocycles. The van der Waals surface area contributed by atoms with Gasteiger partial charge in [0.15, 0.2) is 0 Å². The summed E-state index contributed by atoms with van der Waals surface area (Å²) < 4.78 is 15.7. The van der Waals surface area contributed by atoms with Gasteiger partial charge in [-0.1, -0.05) is 0 Å². The molecule has 0 atom stereocenters. The first kappa shape index (κ1) is 8.74. The van der Waals surface area contributed by atoms with Gasteiger partial charge in [-0.3, -0.25) is 0 Å². The molecule has 0 spiro atoms. The highest BCUT2D eigenvalue weighted by Gasteiger charge is 2.19. The molecule has 0 saturated carbocycles. The second-order valence-electron chi connectivity index (χ2n) is 3.04. The van der Waals surface area contributed by atoms with Crippen molar-refractivity contribution in [3.8, 4) is 0 Å². The molecule has 1 saturated heterocycles. The van der Waals surface area contributed by atoms with Gasteiger partial charge in [-0.25, -0.2) is 0 Å². The summed E-state index contributed by atoms with van der Waals surface area (Å²) >= 11 is 0. The van der Waals surface area contributed by atoms with Gasteiger partial charge in [-0.2, -0.15) is 0 Å². The molecule has 4 heteroatoms. The molecule has 72 valence electrons. The van der Waals surface area contributed by atoms with Gasteiger partial charge in [0.1, 0.15) is 18.5 Å². The summed E-state index contributed by atoms with van der Waals surface area (Å²) in [5.41, 5.74) is 6.52. The highest BCUT2D eigenvalue weighted by molar-refractivity contribution is 5.15. The highest BCUT2D eigenvalue weighted by Crippen LogP contribution is 2.14. The van der Waals surface area contributed by atoms with Crippen LogP contribution in [0.5, 0.6) is 0 Å². The fraction of sp³-hybridized carbons (Fsp3) is 0.556. The maximum Gasteiger partial charge on any atom is 0.133 e. The van der Waals surface area contributed by atoms with E-state index < -0.39 is 0 Å². The van der Waals surface area contributed by atoms with Gasteiger partial charge in [0.25, 0.3) is 0 Å². The van der Waals surface area contributed by atoms with Crippen molar-refractivity contribution in [3.05, 3.63) is 23.7 Å². The third-order valence-electron chi connectivity index (χ3n) is 2.12. The van der Waals surface area contributed by atoms with Crippen molar-refractivity contribution < 1.29 is 13.9 Å². The normalized spacial score (nSPS) is 17.3. The minimum atomic E-state index is 0.232. The molecular formula is C9H13NO3. The number of hydrogen-bond donors (Lipinski definition) is 1. The predicted molar refractivity (Wildman–Crippen MR) is 46.0 cm³/mol. The van der Waals surface area contributed by atoms with Gasteiger partial charge in [0, 0.05) is 12.1 Å². The van der Waals surface area contributed by atoms with Crippen molar-refractivity contribution in [2.75, 3.05) is 13.2 Å². The summed E-state index contributed by atoms with van der Waals surface area (Å²) in [7, 11) is 0. The Morgan fingerprint density at radius 2 is 2.38 bits per heavy atom. The quantitative estimate of drug-likeness (QED) is 0.744. The molecule has 4 nitrogen and oxygen atoms in total. The lowest BCUT2D eigenvalue weighted by Gasteiger charge is -2.25. The monoisotopic (exact) mass is 183 g/mol. The van der Waals surface area contributed by atoms with Gasteiger partial charge in [0.2, 0.25) is 0 Å². The molecular weight excluding hydrogens is 170 g/mol. The van der Waals surface area contributed by atoms with E-state index in [4.69, 9.17) is 19.6 Å². The molecule has 0 unspecified atom stereocenters. The summed E-state index contributed by atoms with van der Waals surface area (Å²) in [6, 6.07) is 1.87. The number of hydrogen-bond acceptors (Lipinski definition) is 4. The lowest BCUT2D eigenvalue weighted by atomic mass is 10.2. The number of furan rings is 1. The number of rotatable bonds is 4. The Bertz CT molecular complexity index is 268. The van der Waals surface area contributed by atoms with Crippen LogP contribution in [0.4, 0.5) is 0 Å². The SMILES string of the molecule is NCc1ccoc1COC1COC1. The van der Waals surface area contributed by atoms with Crippen molar-refractivity contribution in [1.29, 1.82) is 0 Å². The number of ether oxygens (including phenoxy) is 2. The zero-order valence-corrected chi connectivity index (χ0v) is 7.36. The van der Waals surface area contributed by atoms with E-state index in [9.17, 15) is 0 Å². The molecule has 1 aromatic heterocycles. The Hall–Kier alpha value is -0.840. The zero-order chi connectivity index (χ0) is 9.10. The third-order valence-corrected chi connectivity index (χ3v) is 2.12. The van der Waals surface area contributed by atoms with E-state index >= 15 is 0 Å². The smallest absolute Gasteiger partial charge is 0.133 e. The maximum absolute atomic E-state index is 5.51. The Labute approximate surface area is 76.6 Å². The molecule has 2 N–H and O–H groups in total. The zero-order valence-electron chi connectivity index (χ0n) is 7.36. The highest BCUT2D eigenvalue weighted by atomic mass is 16.6. The van der Waals surface area contributed by atoms with Gasteiger partial charge in [0.05, 0.1) is 19.5 Å². The standard InChI is InChI=1S/C9H13NO3/c10-3-7-1-2-12-9(7)6-13-8-4-11-5-8/h1-2,8H,3-6,10H2. The topological polar surface area (TPSA) is 57.6 Å². The summed E-state index contributed by atoms with van der Waals surface area (Å²) in [4.78, 5) is 0. The van der Waals surface area contributed by atoms with Crippen LogP contribution in [-0.2, 0) is 22.6 Å². The molecule has 0 amide bonds. The first-order chi connectivity index (χ1) is 6.40. The Balaban J connectivity index is 1.85. The average Bonchev–Trinajstić information content (AvgIpc) is 2.49. The Morgan fingerprint density at radius 1 is 1.54 bits per heavy atom. The van der Waals surface area contributed by atoms with Crippen LogP contribution in [0.1, 0.15) is 11.3 Å². The Morgan fingerprint density at radius 3 is 3.00 bits per heavy atom. The van der Waals surface area contributed by atoms with Crippen LogP contribution in [0.2, 0.25) is 0 Å². The molecule has 1 aliphatic rings. The van der Waals surface area contributed by atoms with Crippen molar-refractivity contribution in [1.82, 2.24) is 0 Å². The predicted octanol–water partition coefficient (Wildman–Crippen LogP) is 0.654. The second-order valence-corrected chi connectivity index (χ2v) is 3.04. The molecule has 0 bridgehead atoms. The van der Waals surface area contributed by atoms with E-state index in [0.717, 1.165) is 11.3 Å². The van der Waals surface area contributed by atoms with E-state index in [-0.39, 0.29) is 6.10 Å². The lowest BCUT2D eigenvalue weighted by molar-refractivity contribution is -0.137. The van der Waals surface area contributed by atoms with Gasteiger partial charge >= 0.3 is 0 Å². The fourth-order valence-electron chi connectivity index (χ4n) is 1.18. The van der Waals surface area contributed by atoms with Gasteiger partial charge in [-0.05, 0) is 6.07 Å². The van der Waals surface area contributed by atoms with Crippen molar-refractivity contribution in [2.45, 2.75) is 19.3 Å². The minimum Gasteiger partial charge on any atom is -0.467 e. The van der Waals surface area contributed by atoms with E-state index in [1.807, 2.05) is 6.07 Å². The van der Waals surface area contributed by atoms with Crippen molar-refractivity contribution in [3.63, 3.8) is 0 Å². The average molecular weight is 183 g/mol. The van der Waals surface area contributed by atoms with E-state index in [2.05, 4.69) is 0 Å². The van der Waals surface area contributed by atoms with E-state index in [1.54, 1.807) is 6.26 Å². The first-order valence-corrected chi connectivity index (χ1v) is 4.35. The molecule has 1 fully saturated rings. The van der Waals surface area contributed by atoms with E-state index in [0.29, 0.717) is 26.4 Å². The summed E-state index contributed by atoms with van der Waals surface area (Å²) in [6.45, 7) is 2.38. The molecule has 2 rings (SSSR count). The lowest BCUT2D eigenvalue weighted by Crippen LogP contribution is -2.35. The first-order valence-electron chi connectivity index (χ1n) is 4.35. The van der Waals surface area contributed by atoms with Crippen LogP contribution in [-0.4, -0.2) is 19.3 Å². The summed E-state index contributed by atoms with van der Waals surface area (Å²) in [6.07, 6.45) is 1.87. The Kier molecular flexibility index (Phi) is 2.63. The molecule has 13 heavy (non-hydrogen) atoms. The number of nitrogens with two attached hydrogens (primary N) is 1.